The van der Waals surface area contributed by atoms with Crippen LogP contribution in [0, 0.1) is 12.7 Å². The van der Waals surface area contributed by atoms with E-state index in [4.69, 9.17) is 5.73 Å². The number of allylic oxidation sites excluding steroid dienone is 1. The molecule has 0 aliphatic carbocycles. The highest BCUT2D eigenvalue weighted by atomic mass is 19.1. The molecule has 5 heteroatoms. The number of aromatic nitrogens is 1. The van der Waals surface area contributed by atoms with E-state index in [1.807, 2.05) is 26.0 Å². The van der Waals surface area contributed by atoms with E-state index in [1.165, 1.54) is 11.6 Å². The lowest BCUT2D eigenvalue weighted by atomic mass is 10.0. The van der Waals surface area contributed by atoms with Crippen molar-refractivity contribution < 1.29 is 4.39 Å². The molecule has 0 aliphatic heterocycles. The summed E-state index contributed by atoms with van der Waals surface area (Å²) < 4.78 is 14.6. The number of hydrogen-bond donors (Lipinski definition) is 3. The second kappa shape index (κ2) is 10.1. The Labute approximate surface area is 174 Å². The van der Waals surface area contributed by atoms with Crippen LogP contribution in [0.5, 0.6) is 0 Å². The monoisotopic (exact) mass is 396 g/mol. The van der Waals surface area contributed by atoms with Crippen LogP contribution in [0.1, 0.15) is 63.6 Å². The van der Waals surface area contributed by atoms with Gasteiger partial charge in [-0.3, -0.25) is 0 Å². The first-order chi connectivity index (χ1) is 13.8. The smallest absolute Gasteiger partial charge is 0.166 e. The quantitative estimate of drug-likeness (QED) is 0.446. The zero-order valence-corrected chi connectivity index (χ0v) is 18.2. The lowest BCUT2D eigenvalue weighted by molar-refractivity contribution is 0.618. The average molecular weight is 397 g/mol. The maximum absolute atomic E-state index is 14.6. The second-order valence-corrected chi connectivity index (χ2v) is 7.60. The highest BCUT2D eigenvalue weighted by Crippen LogP contribution is 2.31. The first kappa shape index (κ1) is 22.5. The van der Waals surface area contributed by atoms with Crippen molar-refractivity contribution in [3.8, 4) is 0 Å². The van der Waals surface area contributed by atoms with Gasteiger partial charge in [0.1, 0.15) is 5.82 Å². The summed E-state index contributed by atoms with van der Waals surface area (Å²) in [5.74, 6) is 0.248. The molecule has 1 unspecified atom stereocenters. The Morgan fingerprint density at radius 2 is 2.03 bits per heavy atom. The molecule has 29 heavy (non-hydrogen) atoms. The highest BCUT2D eigenvalue weighted by Gasteiger charge is 2.16. The number of halogens is 1. The fourth-order valence-corrected chi connectivity index (χ4v) is 3.09. The molecule has 1 atom stereocenters. The average Bonchev–Trinajstić information content (AvgIpc) is 2.66. The molecule has 4 nitrogen and oxygen atoms in total. The fourth-order valence-electron chi connectivity index (χ4n) is 3.09. The summed E-state index contributed by atoms with van der Waals surface area (Å²) in [7, 11) is 0. The Balaban J connectivity index is 2.53. The molecule has 2 aromatic rings. The van der Waals surface area contributed by atoms with Gasteiger partial charge in [-0.1, -0.05) is 50.6 Å². The molecule has 0 fully saturated rings. The minimum Gasteiger partial charge on any atom is -0.399 e. The van der Waals surface area contributed by atoms with E-state index >= 15 is 0 Å². The molecule has 0 saturated carbocycles. The van der Waals surface area contributed by atoms with Gasteiger partial charge in [-0.15, -0.1) is 0 Å². The van der Waals surface area contributed by atoms with Gasteiger partial charge in [0, 0.05) is 28.6 Å². The van der Waals surface area contributed by atoms with Crippen molar-refractivity contribution in [1.82, 2.24) is 4.98 Å². The lowest BCUT2D eigenvalue weighted by Gasteiger charge is -2.18. The standard InChI is InChI=1S/C24H33FN4/c1-7-10-15(3)13-19-16(4)11-9-12-22(19)28-23-20(18(6)26)14-21(25)24(29-23)27-17(5)8-2/h9,11-14,17H,6-8,10,26H2,1-5H3,(H2,27,28,29)/b15-13-. The van der Waals surface area contributed by atoms with Gasteiger partial charge in [0.05, 0.1) is 0 Å². The molecule has 0 bridgehead atoms. The molecule has 0 saturated heterocycles. The maximum Gasteiger partial charge on any atom is 0.166 e. The lowest BCUT2D eigenvalue weighted by Crippen LogP contribution is -2.17. The number of nitrogens with zero attached hydrogens (tertiary/aromatic N) is 1. The third-order valence-corrected chi connectivity index (χ3v) is 4.93. The molecular formula is C24H33FN4. The van der Waals surface area contributed by atoms with Gasteiger partial charge in [-0.25, -0.2) is 9.37 Å². The predicted octanol–water partition coefficient (Wildman–Crippen LogP) is 6.62. The first-order valence-corrected chi connectivity index (χ1v) is 10.2. The van der Waals surface area contributed by atoms with E-state index in [1.54, 1.807) is 0 Å². The number of hydrogen-bond acceptors (Lipinski definition) is 4. The fraction of sp³-hybridized carbons (Fsp3) is 0.375. The summed E-state index contributed by atoms with van der Waals surface area (Å²) in [5, 5.41) is 6.49. The van der Waals surface area contributed by atoms with Crippen molar-refractivity contribution in [2.45, 2.75) is 59.9 Å². The highest BCUT2D eigenvalue weighted by molar-refractivity contribution is 5.80. The second-order valence-electron chi connectivity index (χ2n) is 7.60. The van der Waals surface area contributed by atoms with E-state index in [-0.39, 0.29) is 17.6 Å². The Kier molecular flexibility index (Phi) is 7.82. The Morgan fingerprint density at radius 1 is 1.31 bits per heavy atom. The molecule has 0 aliphatic rings. The predicted molar refractivity (Wildman–Crippen MR) is 124 cm³/mol. The molecule has 0 amide bonds. The van der Waals surface area contributed by atoms with Crippen LogP contribution in [0.25, 0.3) is 11.8 Å². The van der Waals surface area contributed by atoms with Gasteiger partial charge in [0.25, 0.3) is 0 Å². The first-order valence-electron chi connectivity index (χ1n) is 10.2. The van der Waals surface area contributed by atoms with Crippen LogP contribution in [-0.2, 0) is 0 Å². The van der Waals surface area contributed by atoms with Crippen molar-refractivity contribution in [2.75, 3.05) is 10.6 Å². The van der Waals surface area contributed by atoms with Crippen LogP contribution in [0.15, 0.2) is 36.4 Å². The zero-order chi connectivity index (χ0) is 21.6. The normalized spacial score (nSPS) is 12.6. The minimum absolute atomic E-state index is 0.103. The van der Waals surface area contributed by atoms with Crippen LogP contribution < -0.4 is 16.4 Å². The van der Waals surface area contributed by atoms with Crippen LogP contribution in [0.2, 0.25) is 0 Å². The summed E-state index contributed by atoms with van der Waals surface area (Å²) in [4.78, 5) is 4.50. The van der Waals surface area contributed by atoms with Gasteiger partial charge in [0.2, 0.25) is 0 Å². The number of rotatable bonds is 9. The van der Waals surface area contributed by atoms with Gasteiger partial charge >= 0.3 is 0 Å². The molecule has 0 radical (unpaired) electrons. The van der Waals surface area contributed by atoms with Crippen molar-refractivity contribution in [1.29, 1.82) is 0 Å². The molecule has 4 N–H and O–H groups in total. The van der Waals surface area contributed by atoms with Gasteiger partial charge in [-0.2, -0.15) is 0 Å². The number of benzene rings is 1. The third-order valence-electron chi connectivity index (χ3n) is 4.93. The largest absolute Gasteiger partial charge is 0.399 e. The molecule has 156 valence electrons. The van der Waals surface area contributed by atoms with Crippen LogP contribution in [0.3, 0.4) is 0 Å². The molecule has 0 spiro atoms. The Morgan fingerprint density at radius 3 is 2.66 bits per heavy atom. The van der Waals surface area contributed by atoms with Crippen LogP contribution >= 0.6 is 0 Å². The third kappa shape index (κ3) is 5.83. The summed E-state index contributed by atoms with van der Waals surface area (Å²) >= 11 is 0. The number of nitrogens with two attached hydrogens (primary N) is 1. The SMILES string of the molecule is C=C(N)c1cc(F)c(NC(C)CC)nc1Nc1cccc(C)c1/C=C(/C)CCC. The molecule has 2 rings (SSSR count). The van der Waals surface area contributed by atoms with Gasteiger partial charge in [0.15, 0.2) is 11.6 Å². The van der Waals surface area contributed by atoms with Gasteiger partial charge in [-0.05, 0) is 51.3 Å². The van der Waals surface area contributed by atoms with Crippen LogP contribution in [-0.4, -0.2) is 11.0 Å². The van der Waals surface area contributed by atoms with Crippen LogP contribution in [0.4, 0.5) is 21.7 Å². The van der Waals surface area contributed by atoms with Crippen molar-refractivity contribution in [3.05, 3.63) is 58.9 Å². The van der Waals surface area contributed by atoms with E-state index in [0.29, 0.717) is 11.4 Å². The summed E-state index contributed by atoms with van der Waals surface area (Å²) in [6.45, 7) is 14.2. The molecular weight excluding hydrogens is 363 g/mol. The number of aryl methyl sites for hydroxylation is 1. The summed E-state index contributed by atoms with van der Waals surface area (Å²) in [6.07, 6.45) is 5.19. The van der Waals surface area contributed by atoms with E-state index < -0.39 is 5.82 Å². The number of nitrogens with one attached hydrogen (secondary N) is 2. The minimum atomic E-state index is -0.444. The zero-order valence-electron chi connectivity index (χ0n) is 18.2. The van der Waals surface area contributed by atoms with E-state index in [2.05, 4.69) is 55.1 Å². The molecule has 1 heterocycles. The Bertz CT molecular complexity index is 902. The Hall–Kier alpha value is -2.82. The van der Waals surface area contributed by atoms with Crippen molar-refractivity contribution in [3.63, 3.8) is 0 Å². The molecule has 1 aromatic carbocycles. The van der Waals surface area contributed by atoms with E-state index in [0.717, 1.165) is 36.1 Å². The topological polar surface area (TPSA) is 63.0 Å². The number of anilines is 3. The molecule has 1 aromatic heterocycles. The number of pyridine rings is 1. The van der Waals surface area contributed by atoms with E-state index in [9.17, 15) is 4.39 Å². The van der Waals surface area contributed by atoms with Crippen molar-refractivity contribution in [2.24, 2.45) is 5.73 Å². The van der Waals surface area contributed by atoms with Crippen molar-refractivity contribution >= 4 is 29.1 Å². The summed E-state index contributed by atoms with van der Waals surface area (Å²) in [6, 6.07) is 7.55. The van der Waals surface area contributed by atoms with Gasteiger partial charge < -0.3 is 16.4 Å². The summed E-state index contributed by atoms with van der Waals surface area (Å²) in [5.41, 5.74) is 11.1. The maximum atomic E-state index is 14.6.